The molecule has 1 aromatic heterocycles. The molecule has 5 rings (SSSR count). The van der Waals surface area contributed by atoms with E-state index in [1.54, 1.807) is 13.1 Å². The quantitative estimate of drug-likeness (QED) is 0.0506. The van der Waals surface area contributed by atoms with Gasteiger partial charge in [-0.05, 0) is 79.1 Å². The summed E-state index contributed by atoms with van der Waals surface area (Å²) in [4.78, 5) is 24.7. The molecule has 5 heteroatoms. The number of fused-ring (bicyclic) bond motifs is 1. The minimum Gasteiger partial charge on any atom is -0.460 e. The van der Waals surface area contributed by atoms with Crippen LogP contribution >= 0.6 is 0 Å². The molecule has 5 nitrogen and oxygen atoms in total. The topological polar surface area (TPSA) is 60.3 Å². The fourth-order valence-corrected chi connectivity index (χ4v) is 5.53. The lowest BCUT2D eigenvalue weighted by Gasteiger charge is -2.15. The maximum absolute atomic E-state index is 12.6. The van der Waals surface area contributed by atoms with Crippen LogP contribution in [0.2, 0.25) is 0 Å². The minimum absolute atomic E-state index is 0.182. The van der Waals surface area contributed by atoms with E-state index >= 15 is 0 Å². The molecule has 0 aliphatic rings. The van der Waals surface area contributed by atoms with Crippen molar-refractivity contribution in [2.45, 2.75) is 39.7 Å². The first-order valence-electron chi connectivity index (χ1n) is 15.0. The van der Waals surface area contributed by atoms with E-state index in [4.69, 9.17) is 4.74 Å². The third kappa shape index (κ3) is 7.12. The number of carbonyl (C=O) groups excluding carboxylic acids is 2. The van der Waals surface area contributed by atoms with Crippen LogP contribution in [0.1, 0.15) is 60.2 Å². The maximum Gasteiger partial charge on any atom is 0.379 e. The molecule has 0 unspecified atom stereocenters. The van der Waals surface area contributed by atoms with Crippen molar-refractivity contribution in [2.75, 3.05) is 18.5 Å². The lowest BCUT2D eigenvalue weighted by atomic mass is 9.90. The molecule has 0 radical (unpaired) electrons. The van der Waals surface area contributed by atoms with Crippen molar-refractivity contribution >= 4 is 39.5 Å². The summed E-state index contributed by atoms with van der Waals surface area (Å²) in [6.07, 6.45) is 4.82. The molecule has 0 spiro atoms. The van der Waals surface area contributed by atoms with Crippen molar-refractivity contribution in [3.05, 3.63) is 138 Å². The predicted molar refractivity (Wildman–Crippen MR) is 176 cm³/mol. The van der Waals surface area contributed by atoms with E-state index in [0.29, 0.717) is 5.56 Å². The van der Waals surface area contributed by atoms with Gasteiger partial charge in [0, 0.05) is 35.9 Å². The number of rotatable bonds is 13. The lowest BCUT2D eigenvalue weighted by molar-refractivity contribution is -0.137. The van der Waals surface area contributed by atoms with Gasteiger partial charge in [0.05, 0.1) is 12.2 Å². The molecular weight excluding hydrogens is 532 g/mol. The summed E-state index contributed by atoms with van der Waals surface area (Å²) >= 11 is 0. The number of aryl methyl sites for hydroxylation is 1. The number of hydrogen-bond acceptors (Lipinski definition) is 4. The summed E-state index contributed by atoms with van der Waals surface area (Å²) < 4.78 is 7.01. The fraction of sp³-hybridized carbons (Fsp3) is 0.211. The van der Waals surface area contributed by atoms with Gasteiger partial charge >= 0.3 is 5.97 Å². The third-order valence-electron chi connectivity index (χ3n) is 7.72. The number of unbranched alkanes of at least 4 members (excludes halogenated alkanes) is 2. The first-order chi connectivity index (χ1) is 21.1. The van der Waals surface area contributed by atoms with Gasteiger partial charge in [-0.15, -0.1) is 0 Å². The van der Waals surface area contributed by atoms with Crippen molar-refractivity contribution in [3.63, 3.8) is 0 Å². The molecule has 43 heavy (non-hydrogen) atoms. The standard InChI is InChI=1S/C38H38N2O3/c1-3-43-38(42)37(41)34-27-40(35-20-12-11-19-33(34)35)26-14-6-13-25-39-32-23-21-31(22-24-32)36(30-17-9-5-10-18-30)28(2)29-15-7-4-8-16-29/h4-5,7-12,15-24,27,39H,3,6,13-14,25-26H2,1-2H3/b36-28+. The molecule has 0 amide bonds. The normalized spacial score (nSPS) is 11.7. The molecule has 0 atom stereocenters. The van der Waals surface area contributed by atoms with E-state index in [2.05, 4.69) is 102 Å². The zero-order valence-electron chi connectivity index (χ0n) is 24.9. The molecule has 0 saturated heterocycles. The highest BCUT2D eigenvalue weighted by Crippen LogP contribution is 2.32. The van der Waals surface area contributed by atoms with Crippen molar-refractivity contribution in [2.24, 2.45) is 0 Å². The SMILES string of the molecule is CCOC(=O)C(=O)c1cn(CCCCCNc2ccc(/C(=C(\C)c3ccccc3)c3ccccc3)cc2)c2ccccc12. The molecule has 4 aromatic carbocycles. The Labute approximate surface area is 253 Å². The van der Waals surface area contributed by atoms with Crippen LogP contribution < -0.4 is 5.32 Å². The van der Waals surface area contributed by atoms with Crippen molar-refractivity contribution < 1.29 is 14.3 Å². The lowest BCUT2D eigenvalue weighted by Crippen LogP contribution is -2.17. The van der Waals surface area contributed by atoms with E-state index < -0.39 is 11.8 Å². The summed E-state index contributed by atoms with van der Waals surface area (Å²) in [5.41, 5.74) is 8.58. The zero-order valence-corrected chi connectivity index (χ0v) is 24.9. The van der Waals surface area contributed by atoms with Gasteiger partial charge < -0.3 is 14.6 Å². The van der Waals surface area contributed by atoms with Gasteiger partial charge in [-0.3, -0.25) is 4.79 Å². The molecule has 0 aliphatic heterocycles. The molecule has 0 aliphatic carbocycles. The van der Waals surface area contributed by atoms with Gasteiger partial charge in [0.15, 0.2) is 0 Å². The fourth-order valence-electron chi connectivity index (χ4n) is 5.53. The molecule has 218 valence electrons. The average molecular weight is 571 g/mol. The molecule has 1 heterocycles. The zero-order chi connectivity index (χ0) is 30.0. The van der Waals surface area contributed by atoms with E-state index in [1.807, 2.05) is 24.3 Å². The van der Waals surface area contributed by atoms with E-state index in [0.717, 1.165) is 48.9 Å². The second kappa shape index (κ2) is 14.3. The van der Waals surface area contributed by atoms with Crippen LogP contribution in [0.4, 0.5) is 5.69 Å². The van der Waals surface area contributed by atoms with E-state index in [1.165, 1.54) is 27.8 Å². The van der Waals surface area contributed by atoms with Crippen LogP contribution in [0.3, 0.4) is 0 Å². The van der Waals surface area contributed by atoms with Gasteiger partial charge in [-0.2, -0.15) is 0 Å². The Kier molecular flexibility index (Phi) is 9.86. The summed E-state index contributed by atoms with van der Waals surface area (Å²) in [7, 11) is 0. The predicted octanol–water partition coefficient (Wildman–Crippen LogP) is 8.65. The number of anilines is 1. The Hall–Kier alpha value is -4.90. The van der Waals surface area contributed by atoms with E-state index in [9.17, 15) is 9.59 Å². The van der Waals surface area contributed by atoms with E-state index in [-0.39, 0.29) is 6.61 Å². The second-order valence-corrected chi connectivity index (χ2v) is 10.6. The molecule has 5 aromatic rings. The van der Waals surface area contributed by atoms with Crippen LogP contribution in [0.5, 0.6) is 0 Å². The number of nitrogens with zero attached hydrogens (tertiary/aromatic N) is 1. The largest absolute Gasteiger partial charge is 0.460 e. The highest BCUT2D eigenvalue weighted by molar-refractivity contribution is 6.43. The van der Waals surface area contributed by atoms with Crippen molar-refractivity contribution in [3.8, 4) is 0 Å². The number of aromatic nitrogens is 1. The molecular formula is C38H38N2O3. The number of nitrogens with one attached hydrogen (secondary N) is 1. The first kappa shape index (κ1) is 29.6. The Morgan fingerprint density at radius 3 is 2.05 bits per heavy atom. The second-order valence-electron chi connectivity index (χ2n) is 10.6. The summed E-state index contributed by atoms with van der Waals surface area (Å²) in [6, 6.07) is 37.5. The van der Waals surface area contributed by atoms with Gasteiger partial charge in [-0.25, -0.2) is 4.79 Å². The number of benzene rings is 4. The number of esters is 1. The maximum atomic E-state index is 12.6. The molecule has 0 saturated carbocycles. The smallest absolute Gasteiger partial charge is 0.379 e. The molecule has 1 N–H and O–H groups in total. The molecule has 0 fully saturated rings. The highest BCUT2D eigenvalue weighted by atomic mass is 16.5. The number of allylic oxidation sites excluding steroid dienone is 1. The number of carbonyl (C=O) groups is 2. The number of ketones is 1. The van der Waals surface area contributed by atoms with Gasteiger partial charge in [0.1, 0.15) is 0 Å². The minimum atomic E-state index is -0.803. The Bertz CT molecular complexity index is 1700. The van der Waals surface area contributed by atoms with Crippen LogP contribution in [-0.2, 0) is 16.1 Å². The van der Waals surface area contributed by atoms with Crippen LogP contribution in [-0.4, -0.2) is 29.5 Å². The monoisotopic (exact) mass is 570 g/mol. The first-order valence-corrected chi connectivity index (χ1v) is 15.0. The Morgan fingerprint density at radius 1 is 0.721 bits per heavy atom. The van der Waals surface area contributed by atoms with Gasteiger partial charge in [0.2, 0.25) is 0 Å². The third-order valence-corrected chi connectivity index (χ3v) is 7.72. The summed E-state index contributed by atoms with van der Waals surface area (Å²) in [6.45, 7) is 5.73. The molecule has 0 bridgehead atoms. The summed E-state index contributed by atoms with van der Waals surface area (Å²) in [5, 5.41) is 4.35. The number of para-hydroxylation sites is 1. The van der Waals surface area contributed by atoms with Gasteiger partial charge in [0.25, 0.3) is 5.78 Å². The Morgan fingerprint density at radius 2 is 1.35 bits per heavy atom. The van der Waals surface area contributed by atoms with Crippen LogP contribution in [0.15, 0.2) is 115 Å². The Balaban J connectivity index is 1.17. The van der Waals surface area contributed by atoms with Crippen molar-refractivity contribution in [1.82, 2.24) is 4.57 Å². The summed E-state index contributed by atoms with van der Waals surface area (Å²) in [5.74, 6) is -1.39. The number of hydrogen-bond donors (Lipinski definition) is 1. The van der Waals surface area contributed by atoms with Gasteiger partial charge in [-0.1, -0.05) is 91.0 Å². The van der Waals surface area contributed by atoms with Crippen LogP contribution in [0, 0.1) is 0 Å². The van der Waals surface area contributed by atoms with Crippen molar-refractivity contribution in [1.29, 1.82) is 0 Å². The number of ether oxygens (including phenoxy) is 1. The average Bonchev–Trinajstić information content (AvgIpc) is 3.42. The highest BCUT2D eigenvalue weighted by Gasteiger charge is 2.22. The number of Topliss-reactive ketones (excluding diaryl/α,β-unsaturated/α-hetero) is 1. The van der Waals surface area contributed by atoms with Crippen LogP contribution in [0.25, 0.3) is 22.0 Å².